The summed E-state index contributed by atoms with van der Waals surface area (Å²) in [4.78, 5) is 11.4. The van der Waals surface area contributed by atoms with Gasteiger partial charge in [0.15, 0.2) is 0 Å². The van der Waals surface area contributed by atoms with E-state index in [4.69, 9.17) is 9.73 Å². The number of methoxy groups -OCH3 is 1. The normalized spacial score (nSPS) is 18.5. The summed E-state index contributed by atoms with van der Waals surface area (Å²) in [5.41, 5.74) is 4.53. The van der Waals surface area contributed by atoms with Gasteiger partial charge in [-0.1, -0.05) is 30.3 Å². The van der Waals surface area contributed by atoms with Crippen LogP contribution >= 0.6 is 11.3 Å². The van der Waals surface area contributed by atoms with E-state index in [2.05, 4.69) is 71.6 Å². The van der Waals surface area contributed by atoms with Crippen molar-refractivity contribution in [2.45, 2.75) is 19.4 Å². The number of hydrogen-bond donors (Lipinski definition) is 1. The summed E-state index contributed by atoms with van der Waals surface area (Å²) in [6.07, 6.45) is 0.953. The molecular formula is C25H28N4OS. The lowest BCUT2D eigenvalue weighted by Crippen LogP contribution is -2.54. The molecule has 1 unspecified atom stereocenters. The van der Waals surface area contributed by atoms with Gasteiger partial charge in [-0.3, -0.25) is 4.90 Å². The number of aliphatic imine (C=N–C) groups is 1. The van der Waals surface area contributed by atoms with Crippen LogP contribution in [0.5, 0.6) is 5.75 Å². The molecule has 3 heterocycles. The SMILES string of the molecule is COc1ccccc1CC1CN(C2=Nc3ccccc3Nc3sc(C)cc32)CCN1C. The molecule has 0 saturated carbocycles. The zero-order chi connectivity index (χ0) is 21.4. The maximum Gasteiger partial charge on any atom is 0.139 e. The molecule has 0 bridgehead atoms. The van der Waals surface area contributed by atoms with Crippen LogP contribution in [0.25, 0.3) is 0 Å². The topological polar surface area (TPSA) is 40.1 Å². The highest BCUT2D eigenvalue weighted by molar-refractivity contribution is 7.16. The average molecular weight is 433 g/mol. The number of aryl methyl sites for hydroxylation is 1. The Bertz CT molecular complexity index is 1120. The summed E-state index contributed by atoms with van der Waals surface area (Å²) >= 11 is 1.80. The first-order valence-electron chi connectivity index (χ1n) is 10.7. The third-order valence-electron chi connectivity index (χ3n) is 6.20. The van der Waals surface area contributed by atoms with Crippen molar-refractivity contribution in [3.05, 3.63) is 70.6 Å². The van der Waals surface area contributed by atoms with Crippen LogP contribution in [0, 0.1) is 6.92 Å². The number of likely N-dealkylation sites (N-methyl/N-ethyl adjacent to an activating group) is 1. The highest BCUT2D eigenvalue weighted by Crippen LogP contribution is 2.39. The van der Waals surface area contributed by atoms with Crippen molar-refractivity contribution in [2.75, 3.05) is 39.1 Å². The lowest BCUT2D eigenvalue weighted by atomic mass is 10.0. The quantitative estimate of drug-likeness (QED) is 0.628. The van der Waals surface area contributed by atoms with Gasteiger partial charge < -0.3 is 15.0 Å². The summed E-state index contributed by atoms with van der Waals surface area (Å²) in [5.74, 6) is 2.05. The van der Waals surface area contributed by atoms with E-state index in [1.807, 2.05) is 12.1 Å². The first kappa shape index (κ1) is 20.1. The first-order chi connectivity index (χ1) is 15.1. The van der Waals surface area contributed by atoms with Crippen LogP contribution in [0.15, 0.2) is 59.6 Å². The molecule has 1 saturated heterocycles. The van der Waals surface area contributed by atoms with Gasteiger partial charge in [-0.25, -0.2) is 4.99 Å². The van der Waals surface area contributed by atoms with E-state index >= 15 is 0 Å². The van der Waals surface area contributed by atoms with E-state index < -0.39 is 0 Å². The molecule has 0 radical (unpaired) electrons. The van der Waals surface area contributed by atoms with Gasteiger partial charge in [0, 0.05) is 30.6 Å². The number of anilines is 2. The second kappa shape index (κ2) is 8.36. The number of ether oxygens (including phenoxy) is 1. The molecule has 2 aromatic carbocycles. The van der Waals surface area contributed by atoms with Gasteiger partial charge in [-0.15, -0.1) is 11.3 Å². The van der Waals surface area contributed by atoms with Crippen LogP contribution in [0.3, 0.4) is 0 Å². The second-order valence-corrected chi connectivity index (χ2v) is 9.53. The fourth-order valence-electron chi connectivity index (χ4n) is 4.47. The van der Waals surface area contributed by atoms with Crippen molar-refractivity contribution in [2.24, 2.45) is 4.99 Å². The molecule has 160 valence electrons. The molecule has 2 aliphatic heterocycles. The van der Waals surface area contributed by atoms with Crippen LogP contribution in [-0.2, 0) is 6.42 Å². The number of fused-ring (bicyclic) bond motifs is 2. The molecule has 1 N–H and O–H groups in total. The summed E-state index contributed by atoms with van der Waals surface area (Å²) in [7, 11) is 3.98. The molecule has 1 fully saturated rings. The monoisotopic (exact) mass is 432 g/mol. The molecule has 6 heteroatoms. The van der Waals surface area contributed by atoms with Crippen molar-refractivity contribution >= 4 is 33.5 Å². The van der Waals surface area contributed by atoms with Crippen LogP contribution < -0.4 is 10.1 Å². The van der Waals surface area contributed by atoms with E-state index in [0.717, 1.165) is 49.0 Å². The largest absolute Gasteiger partial charge is 0.496 e. The van der Waals surface area contributed by atoms with Crippen molar-refractivity contribution in [3.8, 4) is 5.75 Å². The van der Waals surface area contributed by atoms with Gasteiger partial charge in [0.1, 0.15) is 16.6 Å². The number of benzene rings is 2. The lowest BCUT2D eigenvalue weighted by molar-refractivity contribution is 0.140. The number of para-hydroxylation sites is 3. The smallest absolute Gasteiger partial charge is 0.139 e. The minimum atomic E-state index is 0.391. The molecule has 1 atom stereocenters. The Morgan fingerprint density at radius 1 is 1.13 bits per heavy atom. The fraction of sp³-hybridized carbons (Fsp3) is 0.320. The summed E-state index contributed by atoms with van der Waals surface area (Å²) in [6.45, 7) is 5.07. The maximum atomic E-state index is 5.61. The van der Waals surface area contributed by atoms with Gasteiger partial charge in [0.05, 0.1) is 24.0 Å². The van der Waals surface area contributed by atoms with Crippen molar-refractivity contribution in [1.29, 1.82) is 0 Å². The highest BCUT2D eigenvalue weighted by atomic mass is 32.1. The van der Waals surface area contributed by atoms with Gasteiger partial charge in [0.25, 0.3) is 0 Å². The van der Waals surface area contributed by atoms with E-state index in [1.165, 1.54) is 21.0 Å². The zero-order valence-electron chi connectivity index (χ0n) is 18.3. The maximum absolute atomic E-state index is 5.61. The predicted molar refractivity (Wildman–Crippen MR) is 130 cm³/mol. The van der Waals surface area contributed by atoms with E-state index in [9.17, 15) is 0 Å². The second-order valence-electron chi connectivity index (χ2n) is 8.27. The molecule has 2 aliphatic rings. The van der Waals surface area contributed by atoms with Crippen molar-refractivity contribution in [3.63, 3.8) is 0 Å². The van der Waals surface area contributed by atoms with Gasteiger partial charge >= 0.3 is 0 Å². The van der Waals surface area contributed by atoms with Gasteiger partial charge in [-0.2, -0.15) is 0 Å². The van der Waals surface area contributed by atoms with Gasteiger partial charge in [0.2, 0.25) is 0 Å². The minimum Gasteiger partial charge on any atom is -0.496 e. The predicted octanol–water partition coefficient (Wildman–Crippen LogP) is 5.06. The summed E-state index contributed by atoms with van der Waals surface area (Å²) in [6, 6.07) is 19.3. The molecule has 5 nitrogen and oxygen atoms in total. The summed E-state index contributed by atoms with van der Waals surface area (Å²) < 4.78 is 5.61. The van der Waals surface area contributed by atoms with Crippen LogP contribution in [-0.4, -0.2) is 55.5 Å². The lowest BCUT2D eigenvalue weighted by Gasteiger charge is -2.41. The van der Waals surface area contributed by atoms with Gasteiger partial charge in [-0.05, 0) is 50.2 Å². The van der Waals surface area contributed by atoms with Crippen molar-refractivity contribution < 1.29 is 4.74 Å². The molecule has 0 spiro atoms. The van der Waals surface area contributed by atoms with E-state index in [0.29, 0.717) is 6.04 Å². The number of rotatable bonds is 3. The van der Waals surface area contributed by atoms with E-state index in [-0.39, 0.29) is 0 Å². The third kappa shape index (κ3) is 3.93. The highest BCUT2D eigenvalue weighted by Gasteiger charge is 2.30. The third-order valence-corrected chi connectivity index (χ3v) is 7.17. The zero-order valence-corrected chi connectivity index (χ0v) is 19.1. The number of nitrogens with one attached hydrogen (secondary N) is 1. The van der Waals surface area contributed by atoms with E-state index in [1.54, 1.807) is 18.4 Å². The number of hydrogen-bond acceptors (Lipinski definition) is 6. The summed E-state index contributed by atoms with van der Waals surface area (Å²) in [5, 5.41) is 4.80. The molecule has 0 aliphatic carbocycles. The molecule has 5 rings (SSSR count). The molecule has 3 aromatic rings. The molecule has 31 heavy (non-hydrogen) atoms. The average Bonchev–Trinajstić information content (AvgIpc) is 3.07. The Hall–Kier alpha value is -2.83. The van der Waals surface area contributed by atoms with Crippen LogP contribution in [0.2, 0.25) is 0 Å². The Kier molecular flexibility index (Phi) is 5.42. The Morgan fingerprint density at radius 3 is 2.81 bits per heavy atom. The molecular weight excluding hydrogens is 404 g/mol. The first-order valence-corrected chi connectivity index (χ1v) is 11.6. The Morgan fingerprint density at radius 2 is 1.94 bits per heavy atom. The van der Waals surface area contributed by atoms with Crippen molar-refractivity contribution in [1.82, 2.24) is 9.80 Å². The van der Waals surface area contributed by atoms with Crippen LogP contribution in [0.4, 0.5) is 16.4 Å². The number of amidine groups is 1. The molecule has 1 aromatic heterocycles. The Labute approximate surface area is 188 Å². The fourth-order valence-corrected chi connectivity index (χ4v) is 5.39. The Balaban J connectivity index is 1.48. The molecule has 0 amide bonds. The standard InChI is InChI=1S/C25H28N4OS/c1-17-14-20-24(26-21-9-5-6-10-22(21)27-25(20)31-17)29-13-12-28(2)19(16-29)15-18-8-4-7-11-23(18)30-3/h4-11,14,19,27H,12-13,15-16H2,1-3H3. The number of piperazine rings is 1. The van der Waals surface area contributed by atoms with Crippen LogP contribution in [0.1, 0.15) is 16.0 Å². The number of thiophene rings is 1. The minimum absolute atomic E-state index is 0.391. The number of nitrogens with zero attached hydrogens (tertiary/aromatic N) is 3.